The summed E-state index contributed by atoms with van der Waals surface area (Å²) in [5.41, 5.74) is 0.928. The fourth-order valence-corrected chi connectivity index (χ4v) is 2.49. The number of ether oxygens (including phenoxy) is 3. The lowest BCUT2D eigenvalue weighted by Gasteiger charge is -2.06. The second kappa shape index (κ2) is 9.34. The van der Waals surface area contributed by atoms with E-state index in [0.29, 0.717) is 13.0 Å². The molecule has 1 aromatic rings. The third-order valence-electron chi connectivity index (χ3n) is 3.82. The van der Waals surface area contributed by atoms with Crippen molar-refractivity contribution in [2.24, 2.45) is 0 Å². The summed E-state index contributed by atoms with van der Waals surface area (Å²) in [5, 5.41) is 0. The van der Waals surface area contributed by atoms with E-state index in [1.807, 2.05) is 18.2 Å². The topological polar surface area (TPSA) is 44.8 Å². The Hall–Kier alpha value is -1.71. The number of hydrogen-bond acceptors (Lipinski definition) is 4. The van der Waals surface area contributed by atoms with E-state index in [-0.39, 0.29) is 12.8 Å². The van der Waals surface area contributed by atoms with Crippen molar-refractivity contribution in [3.63, 3.8) is 0 Å². The lowest BCUT2D eigenvalue weighted by molar-refractivity contribution is -0.145. The van der Waals surface area contributed by atoms with Gasteiger partial charge in [0.1, 0.15) is 6.61 Å². The Morgan fingerprint density at radius 1 is 1.05 bits per heavy atom. The van der Waals surface area contributed by atoms with Crippen LogP contribution in [0.25, 0.3) is 0 Å². The molecule has 0 N–H and O–H groups in total. The van der Waals surface area contributed by atoms with Gasteiger partial charge in [-0.05, 0) is 24.1 Å². The van der Waals surface area contributed by atoms with E-state index in [0.717, 1.165) is 29.9 Å². The quantitative estimate of drug-likeness (QED) is 0.468. The molecule has 1 aliphatic rings. The van der Waals surface area contributed by atoms with Crippen LogP contribution in [-0.2, 0) is 16.1 Å². The maximum absolute atomic E-state index is 11.7. The highest BCUT2D eigenvalue weighted by Gasteiger charge is 2.13. The number of hydrogen-bond donors (Lipinski definition) is 0. The minimum Gasteiger partial charge on any atom is -0.461 e. The largest absolute Gasteiger partial charge is 0.461 e. The van der Waals surface area contributed by atoms with E-state index in [1.54, 1.807) is 0 Å². The third-order valence-corrected chi connectivity index (χ3v) is 3.82. The molecule has 0 saturated heterocycles. The van der Waals surface area contributed by atoms with Crippen LogP contribution in [0, 0.1) is 0 Å². The highest BCUT2D eigenvalue weighted by Crippen LogP contribution is 2.32. The zero-order chi connectivity index (χ0) is 15.6. The molecule has 122 valence electrons. The summed E-state index contributed by atoms with van der Waals surface area (Å²) in [6.07, 6.45) is 8.94. The van der Waals surface area contributed by atoms with Crippen molar-refractivity contribution in [1.29, 1.82) is 0 Å². The van der Waals surface area contributed by atoms with Crippen LogP contribution in [0.5, 0.6) is 11.5 Å². The summed E-state index contributed by atoms with van der Waals surface area (Å²) in [6, 6.07) is 5.61. The molecule has 1 aliphatic heterocycles. The number of benzene rings is 1. The van der Waals surface area contributed by atoms with Gasteiger partial charge in [0, 0.05) is 6.42 Å². The van der Waals surface area contributed by atoms with Gasteiger partial charge >= 0.3 is 5.97 Å². The van der Waals surface area contributed by atoms with Crippen molar-refractivity contribution in [2.75, 3.05) is 6.79 Å². The maximum Gasteiger partial charge on any atom is 0.306 e. The molecule has 0 bridgehead atoms. The first-order chi connectivity index (χ1) is 10.8. The van der Waals surface area contributed by atoms with E-state index in [4.69, 9.17) is 14.2 Å². The van der Waals surface area contributed by atoms with Gasteiger partial charge in [-0.3, -0.25) is 4.79 Å². The number of carbonyl (C=O) groups is 1. The monoisotopic (exact) mass is 306 g/mol. The Labute approximate surface area is 132 Å². The average Bonchev–Trinajstić information content (AvgIpc) is 2.99. The maximum atomic E-state index is 11.7. The molecule has 0 saturated carbocycles. The zero-order valence-corrected chi connectivity index (χ0v) is 13.4. The highest BCUT2D eigenvalue weighted by molar-refractivity contribution is 5.69. The Bertz CT molecular complexity index is 470. The first-order valence-corrected chi connectivity index (χ1v) is 8.33. The Kier molecular flexibility index (Phi) is 7.07. The second-order valence-electron chi connectivity index (χ2n) is 5.72. The summed E-state index contributed by atoms with van der Waals surface area (Å²) in [5.74, 6) is 1.35. The van der Waals surface area contributed by atoms with Gasteiger partial charge in [-0.2, -0.15) is 0 Å². The molecule has 0 fully saturated rings. The molecule has 0 spiro atoms. The minimum absolute atomic E-state index is 0.119. The number of carbonyl (C=O) groups excluding carboxylic acids is 1. The molecule has 4 heteroatoms. The average molecular weight is 306 g/mol. The van der Waals surface area contributed by atoms with Crippen molar-refractivity contribution in [2.45, 2.75) is 64.9 Å². The predicted molar refractivity (Wildman–Crippen MR) is 85.0 cm³/mol. The molecule has 0 aliphatic carbocycles. The van der Waals surface area contributed by atoms with E-state index in [1.165, 1.54) is 32.1 Å². The molecule has 1 heterocycles. The third kappa shape index (κ3) is 5.58. The predicted octanol–water partition coefficient (Wildman–Crippen LogP) is 4.60. The Morgan fingerprint density at radius 3 is 2.59 bits per heavy atom. The minimum atomic E-state index is -0.119. The number of unbranched alkanes of at least 4 members (excludes halogenated alkanes) is 6. The molecule has 0 aromatic heterocycles. The van der Waals surface area contributed by atoms with E-state index < -0.39 is 0 Å². The van der Waals surface area contributed by atoms with Gasteiger partial charge in [0.05, 0.1) is 0 Å². The molecule has 0 atom stereocenters. The standard InChI is InChI=1S/C18H26O4/c1-2-3-4-5-6-7-8-9-18(19)20-13-15-10-11-16-17(12-15)22-14-21-16/h10-12H,2-9,13-14H2,1H3. The van der Waals surface area contributed by atoms with Crippen LogP contribution in [0.4, 0.5) is 0 Å². The summed E-state index contributed by atoms with van der Waals surface area (Å²) in [6.45, 7) is 2.78. The molecule has 4 nitrogen and oxygen atoms in total. The van der Waals surface area contributed by atoms with Crippen molar-refractivity contribution < 1.29 is 19.0 Å². The molecule has 0 radical (unpaired) electrons. The van der Waals surface area contributed by atoms with Crippen LogP contribution in [-0.4, -0.2) is 12.8 Å². The van der Waals surface area contributed by atoms with Crippen molar-refractivity contribution >= 4 is 5.97 Å². The lowest BCUT2D eigenvalue weighted by Crippen LogP contribution is -2.04. The van der Waals surface area contributed by atoms with Gasteiger partial charge in [0.15, 0.2) is 11.5 Å². The smallest absolute Gasteiger partial charge is 0.306 e. The van der Waals surface area contributed by atoms with Crippen molar-refractivity contribution in [3.05, 3.63) is 23.8 Å². The van der Waals surface area contributed by atoms with Crippen LogP contribution < -0.4 is 9.47 Å². The normalized spacial score (nSPS) is 12.4. The summed E-state index contributed by atoms with van der Waals surface area (Å²) in [4.78, 5) is 11.7. The SMILES string of the molecule is CCCCCCCCCC(=O)OCc1ccc2c(c1)OCO2. The fourth-order valence-electron chi connectivity index (χ4n) is 2.49. The highest BCUT2D eigenvalue weighted by atomic mass is 16.7. The van der Waals surface area contributed by atoms with E-state index >= 15 is 0 Å². The first kappa shape index (κ1) is 16.7. The first-order valence-electron chi connectivity index (χ1n) is 8.33. The van der Waals surface area contributed by atoms with Crippen LogP contribution in [0.3, 0.4) is 0 Å². The van der Waals surface area contributed by atoms with Gasteiger partial charge in [0.25, 0.3) is 0 Å². The van der Waals surface area contributed by atoms with Crippen molar-refractivity contribution in [1.82, 2.24) is 0 Å². The summed E-state index contributed by atoms with van der Waals surface area (Å²) in [7, 11) is 0. The van der Waals surface area contributed by atoms with E-state index in [9.17, 15) is 4.79 Å². The van der Waals surface area contributed by atoms with Crippen molar-refractivity contribution in [3.8, 4) is 11.5 Å². The second-order valence-corrected chi connectivity index (χ2v) is 5.72. The van der Waals surface area contributed by atoms with Crippen LogP contribution >= 0.6 is 0 Å². The molecular formula is C18H26O4. The Balaban J connectivity index is 1.56. The summed E-state index contributed by atoms with van der Waals surface area (Å²) < 4.78 is 15.9. The van der Waals surface area contributed by atoms with Gasteiger partial charge in [-0.1, -0.05) is 51.5 Å². The van der Waals surface area contributed by atoms with Crippen LogP contribution in [0.1, 0.15) is 63.9 Å². The van der Waals surface area contributed by atoms with Gasteiger partial charge in [-0.15, -0.1) is 0 Å². The van der Waals surface area contributed by atoms with E-state index in [2.05, 4.69) is 6.92 Å². The van der Waals surface area contributed by atoms with Gasteiger partial charge in [-0.25, -0.2) is 0 Å². The fraction of sp³-hybridized carbons (Fsp3) is 0.611. The molecule has 22 heavy (non-hydrogen) atoms. The van der Waals surface area contributed by atoms with Gasteiger partial charge < -0.3 is 14.2 Å². The molecule has 0 unspecified atom stereocenters. The van der Waals surface area contributed by atoms with Gasteiger partial charge in [0.2, 0.25) is 6.79 Å². The lowest BCUT2D eigenvalue weighted by atomic mass is 10.1. The van der Waals surface area contributed by atoms with Crippen LogP contribution in [0.2, 0.25) is 0 Å². The molecular weight excluding hydrogens is 280 g/mol. The molecule has 2 rings (SSSR count). The number of rotatable bonds is 10. The number of esters is 1. The Morgan fingerprint density at radius 2 is 1.77 bits per heavy atom. The molecule has 0 amide bonds. The number of fused-ring (bicyclic) bond motifs is 1. The zero-order valence-electron chi connectivity index (χ0n) is 13.4. The summed E-state index contributed by atoms with van der Waals surface area (Å²) >= 11 is 0. The van der Waals surface area contributed by atoms with Crippen LogP contribution in [0.15, 0.2) is 18.2 Å². The molecule has 1 aromatic carbocycles.